The first-order chi connectivity index (χ1) is 68.5. The van der Waals surface area contributed by atoms with Gasteiger partial charge in [-0.3, -0.25) is 0 Å². The van der Waals surface area contributed by atoms with Crippen molar-refractivity contribution in [3.63, 3.8) is 0 Å². The van der Waals surface area contributed by atoms with E-state index in [0.29, 0.717) is 0 Å². The normalized spacial score (nSPS) is 11.9. The van der Waals surface area contributed by atoms with Crippen molar-refractivity contribution in [3.8, 4) is 112 Å². The Bertz CT molecular complexity index is 9760. The molecule has 0 radical (unpaired) electrons. The summed E-state index contributed by atoms with van der Waals surface area (Å²) >= 11 is 0. The number of benzene rings is 25. The summed E-state index contributed by atoms with van der Waals surface area (Å²) in [5.74, 6) is 0. The highest BCUT2D eigenvalue weighted by Crippen LogP contribution is 2.54. The van der Waals surface area contributed by atoms with E-state index in [1.165, 1.54) is 225 Å². The van der Waals surface area contributed by atoms with Crippen LogP contribution in [0.15, 0.2) is 506 Å². The van der Waals surface area contributed by atoms with Gasteiger partial charge in [0.2, 0.25) is 0 Å². The zero-order chi connectivity index (χ0) is 90.6. The highest BCUT2D eigenvalue weighted by atomic mass is 16.3. The summed E-state index contributed by atoms with van der Waals surface area (Å²) in [5.41, 5.74) is 32.3. The molecule has 0 amide bonds. The Balaban J connectivity index is 0.000000137. The maximum Gasteiger partial charge on any atom is 0.136 e. The Kier molecular flexibility index (Phi) is 18.1. The Hall–Kier alpha value is -18.2. The quantitative estimate of drug-likeness (QED) is 0.121. The molecule has 640 valence electrons. The van der Waals surface area contributed by atoms with Gasteiger partial charge in [0.05, 0.1) is 33.4 Å². The van der Waals surface area contributed by atoms with E-state index in [2.05, 4.69) is 507 Å². The standard InChI is InChI=1S/C70H43NO.C64H39NO/c1-4-19-44(20-5-1)47-35-38-62-59(41-47)60-42-48(45-21-6-2-7-22-45)36-39-63(60)71(62)70-56-31-16-14-29-54(56)68(55-30-15-17-32-57(55)70)58-33-18-34-65-69(58)61-43-49(37-40-64(61)72-65)67-52-27-12-10-25-50(52)66(46-23-8-3-9-24-46)51-26-11-13-28-53(51)67;1-3-18-40(19-4-1)42-34-36-57-54(38-42)44-22-15-16-32-56(44)65(57)64-51-29-13-11-27-49(51)62(50-28-12-14-30-52(50)64)53-31-17-33-59-63(53)55-39-43(35-37-58(55)66-59)61-47-25-9-7-23-45(47)60(41-20-5-2-6-21-41)46-24-8-10-26-48(46)61/h1-43H;1-39H. The van der Waals surface area contributed by atoms with Crippen LogP contribution in [0, 0.1) is 0 Å². The van der Waals surface area contributed by atoms with Crippen molar-refractivity contribution in [3.05, 3.63) is 497 Å². The molecule has 0 aliphatic rings. The Labute approximate surface area is 794 Å². The first-order valence-electron chi connectivity index (χ1n) is 47.6. The van der Waals surface area contributed by atoms with Crippen LogP contribution in [0.25, 0.3) is 285 Å². The van der Waals surface area contributed by atoms with Crippen molar-refractivity contribution in [2.24, 2.45) is 0 Å². The molecule has 0 atom stereocenters. The fourth-order valence-corrected chi connectivity index (χ4v) is 23.3. The molecule has 138 heavy (non-hydrogen) atoms. The first-order valence-corrected chi connectivity index (χ1v) is 47.6. The molecule has 0 N–H and O–H groups in total. The number of rotatable bonds is 11. The predicted molar refractivity (Wildman–Crippen MR) is 585 cm³/mol. The first kappa shape index (κ1) is 78.4. The van der Waals surface area contributed by atoms with E-state index in [4.69, 9.17) is 8.83 Å². The van der Waals surface area contributed by atoms with Gasteiger partial charge >= 0.3 is 0 Å². The number of hydrogen-bond donors (Lipinski definition) is 0. The minimum atomic E-state index is 0.871. The molecule has 0 bridgehead atoms. The molecule has 0 aliphatic heterocycles. The summed E-state index contributed by atoms with van der Waals surface area (Å²) in [5, 5.41) is 28.8. The molecule has 0 saturated carbocycles. The van der Waals surface area contributed by atoms with E-state index in [-0.39, 0.29) is 0 Å². The molecule has 4 nitrogen and oxygen atoms in total. The zero-order valence-corrected chi connectivity index (χ0v) is 75.1. The topological polar surface area (TPSA) is 36.1 Å². The number of fused-ring (bicyclic) bond motifs is 20. The molecule has 29 aromatic rings. The lowest BCUT2D eigenvalue weighted by molar-refractivity contribution is 0.668. The molecule has 0 unspecified atom stereocenters. The predicted octanol–water partition coefficient (Wildman–Crippen LogP) is 37.6. The Morgan fingerprint density at radius 3 is 0.652 bits per heavy atom. The van der Waals surface area contributed by atoms with Crippen LogP contribution in [0.4, 0.5) is 0 Å². The molecule has 0 saturated heterocycles. The third kappa shape index (κ3) is 12.3. The second-order valence-corrected chi connectivity index (χ2v) is 36.5. The van der Waals surface area contributed by atoms with E-state index >= 15 is 0 Å². The lowest BCUT2D eigenvalue weighted by Gasteiger charge is -2.20. The smallest absolute Gasteiger partial charge is 0.136 e. The largest absolute Gasteiger partial charge is 0.456 e. The molecular weight excluding hydrogens is 1670 g/mol. The highest BCUT2D eigenvalue weighted by molar-refractivity contribution is 6.31. The van der Waals surface area contributed by atoms with Gasteiger partial charge < -0.3 is 18.0 Å². The molecule has 0 aliphatic carbocycles. The molecule has 25 aromatic carbocycles. The summed E-state index contributed by atoms with van der Waals surface area (Å²) in [6.45, 7) is 0. The Morgan fingerprint density at radius 1 is 0.123 bits per heavy atom. The van der Waals surface area contributed by atoms with E-state index < -0.39 is 0 Å². The second-order valence-electron chi connectivity index (χ2n) is 36.5. The van der Waals surface area contributed by atoms with Crippen LogP contribution >= 0.6 is 0 Å². The maximum atomic E-state index is 6.84. The van der Waals surface area contributed by atoms with Crippen molar-refractivity contribution in [2.45, 2.75) is 0 Å². The minimum Gasteiger partial charge on any atom is -0.456 e. The summed E-state index contributed by atoms with van der Waals surface area (Å²) in [6.07, 6.45) is 0. The average molecular weight is 1750 g/mol. The molecule has 4 aromatic heterocycles. The molecule has 4 heterocycles. The molecule has 0 spiro atoms. The zero-order valence-electron chi connectivity index (χ0n) is 75.1. The van der Waals surface area contributed by atoms with Crippen molar-refractivity contribution in [2.75, 3.05) is 0 Å². The van der Waals surface area contributed by atoms with Gasteiger partial charge in [0, 0.05) is 64.6 Å². The van der Waals surface area contributed by atoms with E-state index in [0.717, 1.165) is 60.6 Å². The van der Waals surface area contributed by atoms with Gasteiger partial charge in [0.15, 0.2) is 0 Å². The fourth-order valence-electron chi connectivity index (χ4n) is 23.3. The van der Waals surface area contributed by atoms with Gasteiger partial charge in [-0.25, -0.2) is 0 Å². The number of aromatic nitrogens is 2. The maximum absolute atomic E-state index is 6.84. The third-order valence-electron chi connectivity index (χ3n) is 29.1. The van der Waals surface area contributed by atoms with Crippen LogP contribution in [0.3, 0.4) is 0 Å². The third-order valence-corrected chi connectivity index (χ3v) is 29.1. The summed E-state index contributed by atoms with van der Waals surface area (Å²) in [6, 6.07) is 182. The average Bonchev–Trinajstić information content (AvgIpc) is 1.49. The molecule has 0 fully saturated rings. The summed E-state index contributed by atoms with van der Waals surface area (Å²) in [4.78, 5) is 0. The van der Waals surface area contributed by atoms with Crippen LogP contribution < -0.4 is 0 Å². The highest BCUT2D eigenvalue weighted by Gasteiger charge is 2.29. The number of furan rings is 2. The van der Waals surface area contributed by atoms with E-state index in [9.17, 15) is 0 Å². The SMILES string of the molecule is c1ccc(-c2ccc3c(c2)c2cc(-c4ccccc4)ccc2n3-c2c3ccccc3c(-c3cccc4oc5ccc(-c6c7ccccc7c(-c7ccccc7)c7ccccc67)cc5c34)c3ccccc23)cc1.c1ccc(-c2ccc3c(c2)c2ccccc2n3-c2c3ccccc3c(-c3cccc4oc5ccc(-c6c7ccccc7c(-c7ccccc7)c7ccccc67)cc5c34)c3ccccc23)cc1. The minimum absolute atomic E-state index is 0.871. The van der Waals surface area contributed by atoms with Crippen LogP contribution in [0.1, 0.15) is 0 Å². The van der Waals surface area contributed by atoms with Crippen molar-refractivity contribution in [1.82, 2.24) is 9.13 Å². The number of para-hydroxylation sites is 1. The molecule has 29 rings (SSSR count). The Morgan fingerprint density at radius 2 is 0.348 bits per heavy atom. The second kappa shape index (κ2) is 31.8. The van der Waals surface area contributed by atoms with Crippen molar-refractivity contribution < 1.29 is 8.83 Å². The van der Waals surface area contributed by atoms with Gasteiger partial charge in [-0.1, -0.05) is 419 Å². The van der Waals surface area contributed by atoms with E-state index in [1.807, 2.05) is 0 Å². The van der Waals surface area contributed by atoms with Crippen LogP contribution in [0.2, 0.25) is 0 Å². The molecular formula is C134H82N2O2. The van der Waals surface area contributed by atoms with Gasteiger partial charge in [-0.2, -0.15) is 0 Å². The monoisotopic (exact) mass is 1750 g/mol. The van der Waals surface area contributed by atoms with Gasteiger partial charge in [0.1, 0.15) is 22.3 Å². The van der Waals surface area contributed by atoms with Crippen LogP contribution in [-0.2, 0) is 0 Å². The molecule has 4 heteroatoms. The van der Waals surface area contributed by atoms with Crippen LogP contribution in [0.5, 0.6) is 0 Å². The summed E-state index contributed by atoms with van der Waals surface area (Å²) in [7, 11) is 0. The lowest BCUT2D eigenvalue weighted by atomic mass is 9.85. The van der Waals surface area contributed by atoms with Gasteiger partial charge in [0.25, 0.3) is 0 Å². The van der Waals surface area contributed by atoms with Crippen molar-refractivity contribution >= 4 is 174 Å². The van der Waals surface area contributed by atoms with Crippen molar-refractivity contribution in [1.29, 1.82) is 0 Å². The van der Waals surface area contributed by atoms with Gasteiger partial charge in [-0.05, 0) is 244 Å². The number of nitrogens with zero attached hydrogens (tertiary/aromatic N) is 2. The summed E-state index contributed by atoms with van der Waals surface area (Å²) < 4.78 is 18.7. The van der Waals surface area contributed by atoms with E-state index in [1.54, 1.807) is 0 Å². The number of hydrogen-bond acceptors (Lipinski definition) is 2. The lowest BCUT2D eigenvalue weighted by Crippen LogP contribution is -1.99. The van der Waals surface area contributed by atoms with Crippen LogP contribution in [-0.4, -0.2) is 9.13 Å². The fraction of sp³-hybridized carbons (Fsp3) is 0. The van der Waals surface area contributed by atoms with Gasteiger partial charge in [-0.15, -0.1) is 0 Å².